The SMILES string of the molecule is Cc1c(C(=O)N2CCC(C3(C)COC(=O)N3)CC2)sc2cc(F)ccc12. The van der Waals surface area contributed by atoms with Gasteiger partial charge >= 0.3 is 6.09 Å². The molecule has 2 aliphatic rings. The summed E-state index contributed by atoms with van der Waals surface area (Å²) in [6.07, 6.45) is 1.29. The van der Waals surface area contributed by atoms with Crippen molar-refractivity contribution in [3.63, 3.8) is 0 Å². The van der Waals surface area contributed by atoms with E-state index in [-0.39, 0.29) is 29.3 Å². The van der Waals surface area contributed by atoms with Crippen LogP contribution in [0.3, 0.4) is 0 Å². The smallest absolute Gasteiger partial charge is 0.407 e. The number of likely N-dealkylation sites (tertiary alicyclic amines) is 1. The fraction of sp³-hybridized carbons (Fsp3) is 0.474. The third kappa shape index (κ3) is 2.84. The number of piperidine rings is 1. The molecule has 4 rings (SSSR count). The van der Waals surface area contributed by atoms with Gasteiger partial charge in [-0.3, -0.25) is 4.79 Å². The molecule has 1 unspecified atom stereocenters. The molecule has 0 bridgehead atoms. The van der Waals surface area contributed by atoms with Gasteiger partial charge in [-0.1, -0.05) is 6.07 Å². The lowest BCUT2D eigenvalue weighted by Gasteiger charge is -2.39. The molecule has 0 spiro atoms. The highest BCUT2D eigenvalue weighted by atomic mass is 32.1. The highest BCUT2D eigenvalue weighted by Crippen LogP contribution is 2.35. The zero-order chi connectivity index (χ0) is 18.5. The molecule has 2 fully saturated rings. The van der Waals surface area contributed by atoms with Crippen LogP contribution < -0.4 is 5.32 Å². The van der Waals surface area contributed by atoms with Crippen LogP contribution in [0.15, 0.2) is 18.2 Å². The van der Waals surface area contributed by atoms with Crippen LogP contribution in [0.25, 0.3) is 10.1 Å². The topological polar surface area (TPSA) is 58.6 Å². The number of rotatable bonds is 2. The summed E-state index contributed by atoms with van der Waals surface area (Å²) < 4.78 is 19.3. The first-order valence-electron chi connectivity index (χ1n) is 8.80. The Kier molecular flexibility index (Phi) is 4.14. The van der Waals surface area contributed by atoms with Crippen molar-refractivity contribution in [1.29, 1.82) is 0 Å². The van der Waals surface area contributed by atoms with Crippen molar-refractivity contribution < 1.29 is 18.7 Å². The Morgan fingerprint density at radius 3 is 2.77 bits per heavy atom. The number of thiophene rings is 1. The van der Waals surface area contributed by atoms with Crippen LogP contribution in [-0.2, 0) is 4.74 Å². The number of hydrogen-bond acceptors (Lipinski definition) is 4. The number of nitrogens with zero attached hydrogens (tertiary/aromatic N) is 1. The van der Waals surface area contributed by atoms with Crippen molar-refractivity contribution >= 4 is 33.4 Å². The fourth-order valence-electron chi connectivity index (χ4n) is 4.01. The minimum atomic E-state index is -0.362. The van der Waals surface area contributed by atoms with Gasteiger partial charge in [0, 0.05) is 17.8 Å². The summed E-state index contributed by atoms with van der Waals surface area (Å²) in [5, 5.41) is 3.85. The van der Waals surface area contributed by atoms with Crippen molar-refractivity contribution in [2.75, 3.05) is 19.7 Å². The van der Waals surface area contributed by atoms with Gasteiger partial charge < -0.3 is 15.0 Å². The normalized spacial score (nSPS) is 24.0. The number of halogens is 1. The van der Waals surface area contributed by atoms with Crippen LogP contribution in [0.2, 0.25) is 0 Å². The third-order valence-electron chi connectivity index (χ3n) is 5.67. The second-order valence-corrected chi connectivity index (χ2v) is 8.43. The standard InChI is InChI=1S/C19H21FN2O3S/c1-11-14-4-3-13(20)9-15(14)26-16(11)17(23)22-7-5-12(6-8-22)19(2)10-25-18(24)21-19/h3-4,9,12H,5-8,10H2,1-2H3,(H,21,24). The Bertz CT molecular complexity index is 888. The second-order valence-electron chi connectivity index (χ2n) is 7.38. The van der Waals surface area contributed by atoms with Crippen molar-refractivity contribution in [1.82, 2.24) is 10.2 Å². The maximum Gasteiger partial charge on any atom is 0.407 e. The molecule has 1 aromatic heterocycles. The molecule has 1 atom stereocenters. The summed E-state index contributed by atoms with van der Waals surface area (Å²) in [5.74, 6) is 0.0163. The minimum Gasteiger partial charge on any atom is -0.447 e. The number of nitrogens with one attached hydrogen (secondary N) is 1. The van der Waals surface area contributed by atoms with E-state index in [0.717, 1.165) is 28.5 Å². The molecule has 2 aromatic rings. The van der Waals surface area contributed by atoms with E-state index in [1.807, 2.05) is 18.7 Å². The van der Waals surface area contributed by atoms with E-state index in [1.165, 1.54) is 23.5 Å². The Morgan fingerprint density at radius 2 is 2.12 bits per heavy atom. The summed E-state index contributed by atoms with van der Waals surface area (Å²) >= 11 is 1.36. The first kappa shape index (κ1) is 17.3. The third-order valence-corrected chi connectivity index (χ3v) is 6.91. The second kappa shape index (κ2) is 6.23. The number of ether oxygens (including phenoxy) is 1. The van der Waals surface area contributed by atoms with Gasteiger partial charge in [-0.15, -0.1) is 11.3 Å². The van der Waals surface area contributed by atoms with Gasteiger partial charge in [-0.05, 0) is 55.7 Å². The van der Waals surface area contributed by atoms with Crippen molar-refractivity contribution in [3.05, 3.63) is 34.5 Å². The molecule has 0 saturated carbocycles. The van der Waals surface area contributed by atoms with Crippen molar-refractivity contribution in [3.8, 4) is 0 Å². The maximum atomic E-state index is 13.5. The number of benzene rings is 1. The molecule has 2 saturated heterocycles. The quantitative estimate of drug-likeness (QED) is 0.869. The molecule has 1 aromatic carbocycles. The molecular formula is C19H21FN2O3S. The Morgan fingerprint density at radius 1 is 1.38 bits per heavy atom. The van der Waals surface area contributed by atoms with E-state index in [4.69, 9.17) is 4.74 Å². The van der Waals surface area contributed by atoms with Gasteiger partial charge in [0.25, 0.3) is 5.91 Å². The molecule has 138 valence electrons. The number of amides is 2. The lowest BCUT2D eigenvalue weighted by molar-refractivity contribution is 0.0627. The first-order valence-corrected chi connectivity index (χ1v) is 9.62. The highest BCUT2D eigenvalue weighted by molar-refractivity contribution is 7.21. The van der Waals surface area contributed by atoms with Crippen LogP contribution in [0.5, 0.6) is 0 Å². The Labute approximate surface area is 155 Å². The summed E-state index contributed by atoms with van der Waals surface area (Å²) in [5.41, 5.74) is 0.567. The zero-order valence-corrected chi connectivity index (χ0v) is 15.6. The van der Waals surface area contributed by atoms with E-state index in [0.29, 0.717) is 24.6 Å². The number of fused-ring (bicyclic) bond motifs is 1. The van der Waals surface area contributed by atoms with Gasteiger partial charge in [0.15, 0.2) is 0 Å². The van der Waals surface area contributed by atoms with E-state index >= 15 is 0 Å². The number of alkyl carbamates (subject to hydrolysis) is 1. The maximum absolute atomic E-state index is 13.5. The predicted molar refractivity (Wildman–Crippen MR) is 98.0 cm³/mol. The molecule has 0 radical (unpaired) electrons. The molecule has 5 nitrogen and oxygen atoms in total. The van der Waals surface area contributed by atoms with Crippen LogP contribution >= 0.6 is 11.3 Å². The lowest BCUT2D eigenvalue weighted by Crippen LogP contribution is -2.52. The minimum absolute atomic E-state index is 0.0134. The predicted octanol–water partition coefficient (Wildman–Crippen LogP) is 3.70. The van der Waals surface area contributed by atoms with Gasteiger partial charge in [0.1, 0.15) is 12.4 Å². The molecule has 26 heavy (non-hydrogen) atoms. The van der Waals surface area contributed by atoms with Gasteiger partial charge in [0.05, 0.1) is 10.4 Å². The molecule has 3 heterocycles. The largest absolute Gasteiger partial charge is 0.447 e. The van der Waals surface area contributed by atoms with Crippen molar-refractivity contribution in [2.24, 2.45) is 5.92 Å². The molecule has 2 aliphatic heterocycles. The summed E-state index contributed by atoms with van der Waals surface area (Å²) in [6.45, 7) is 5.60. The van der Waals surface area contributed by atoms with E-state index in [9.17, 15) is 14.0 Å². The van der Waals surface area contributed by atoms with Crippen LogP contribution in [0, 0.1) is 18.7 Å². The zero-order valence-electron chi connectivity index (χ0n) is 14.8. The number of aryl methyl sites for hydroxylation is 1. The lowest BCUT2D eigenvalue weighted by atomic mass is 9.80. The number of carbonyl (C=O) groups excluding carboxylic acids is 2. The van der Waals surface area contributed by atoms with Crippen LogP contribution in [0.1, 0.15) is 35.0 Å². The van der Waals surface area contributed by atoms with Crippen LogP contribution in [0.4, 0.5) is 9.18 Å². The average Bonchev–Trinajstić information content (AvgIpc) is 3.14. The summed E-state index contributed by atoms with van der Waals surface area (Å²) in [4.78, 5) is 26.9. The Hall–Kier alpha value is -2.15. The fourth-order valence-corrected chi connectivity index (χ4v) is 5.21. The van der Waals surface area contributed by atoms with Crippen LogP contribution in [-0.4, -0.2) is 42.1 Å². The van der Waals surface area contributed by atoms with Gasteiger partial charge in [-0.2, -0.15) is 0 Å². The van der Waals surface area contributed by atoms with Gasteiger partial charge in [0.2, 0.25) is 0 Å². The van der Waals surface area contributed by atoms with E-state index < -0.39 is 0 Å². The molecule has 7 heteroatoms. The molecule has 0 aliphatic carbocycles. The monoisotopic (exact) mass is 376 g/mol. The number of cyclic esters (lactones) is 1. The highest BCUT2D eigenvalue weighted by Gasteiger charge is 2.43. The Balaban J connectivity index is 1.49. The van der Waals surface area contributed by atoms with E-state index in [2.05, 4.69) is 5.32 Å². The van der Waals surface area contributed by atoms with E-state index in [1.54, 1.807) is 6.07 Å². The molecule has 1 N–H and O–H groups in total. The molecule has 2 amide bonds. The average molecular weight is 376 g/mol. The first-order chi connectivity index (χ1) is 12.4. The van der Waals surface area contributed by atoms with Crippen molar-refractivity contribution in [2.45, 2.75) is 32.2 Å². The summed E-state index contributed by atoms with van der Waals surface area (Å²) in [7, 11) is 0. The van der Waals surface area contributed by atoms with Gasteiger partial charge in [-0.25, -0.2) is 9.18 Å². The number of hydrogen-bond donors (Lipinski definition) is 1. The molecular weight excluding hydrogens is 355 g/mol. The summed E-state index contributed by atoms with van der Waals surface area (Å²) in [6, 6.07) is 4.66. The number of carbonyl (C=O) groups is 2.